The zero-order chi connectivity index (χ0) is 9.84. The highest BCUT2D eigenvalue weighted by Gasteiger charge is 2.04. The number of nitrogens with two attached hydrogens (primary N) is 2. The summed E-state index contributed by atoms with van der Waals surface area (Å²) in [6.07, 6.45) is 0.756. The van der Waals surface area contributed by atoms with Crippen molar-refractivity contribution in [3.8, 4) is 0 Å². The summed E-state index contributed by atoms with van der Waals surface area (Å²) in [4.78, 5) is 8.23. The Morgan fingerprint density at radius 2 is 2.08 bits per heavy atom. The Bertz CT molecular complexity index is 283. The summed E-state index contributed by atoms with van der Waals surface area (Å²) in [5.74, 6) is 0.719. The van der Waals surface area contributed by atoms with Gasteiger partial charge in [-0.05, 0) is 18.5 Å². The lowest BCUT2D eigenvalue weighted by atomic mass is 10.1. The van der Waals surface area contributed by atoms with Crippen LogP contribution in [-0.2, 0) is 6.42 Å². The van der Waals surface area contributed by atoms with E-state index in [0.29, 0.717) is 18.4 Å². The second-order valence-electron chi connectivity index (χ2n) is 3.34. The topological polar surface area (TPSA) is 77.8 Å². The second kappa shape index (κ2) is 4.18. The standard InChI is InChI=1S/C9H16N4/c1-6(2)8-5-7(3-4-10)12-9(11)13-8/h5-6H,3-4,10H2,1-2H3,(H2,11,12,13). The van der Waals surface area contributed by atoms with Crippen molar-refractivity contribution in [2.24, 2.45) is 5.73 Å². The van der Waals surface area contributed by atoms with Gasteiger partial charge in [0, 0.05) is 17.8 Å². The summed E-state index contributed by atoms with van der Waals surface area (Å²) in [7, 11) is 0. The summed E-state index contributed by atoms with van der Waals surface area (Å²) >= 11 is 0. The first-order valence-corrected chi connectivity index (χ1v) is 4.47. The molecule has 72 valence electrons. The van der Waals surface area contributed by atoms with Crippen LogP contribution in [0.15, 0.2) is 6.07 Å². The minimum atomic E-state index is 0.342. The maximum absolute atomic E-state index is 5.56. The van der Waals surface area contributed by atoms with Gasteiger partial charge >= 0.3 is 0 Å². The molecule has 0 spiro atoms. The molecule has 0 saturated heterocycles. The monoisotopic (exact) mass is 180 g/mol. The van der Waals surface area contributed by atoms with Crippen molar-refractivity contribution in [3.63, 3.8) is 0 Å². The van der Waals surface area contributed by atoms with E-state index in [0.717, 1.165) is 17.8 Å². The quantitative estimate of drug-likeness (QED) is 0.717. The number of hydrogen-bond donors (Lipinski definition) is 2. The van der Waals surface area contributed by atoms with E-state index >= 15 is 0 Å². The van der Waals surface area contributed by atoms with Gasteiger partial charge in [0.05, 0.1) is 0 Å². The molecule has 0 unspecified atom stereocenters. The lowest BCUT2D eigenvalue weighted by molar-refractivity contribution is 0.801. The first kappa shape index (κ1) is 9.92. The molecular weight excluding hydrogens is 164 g/mol. The number of hydrogen-bond acceptors (Lipinski definition) is 4. The molecule has 0 saturated carbocycles. The third-order valence-electron chi connectivity index (χ3n) is 1.81. The van der Waals surface area contributed by atoms with Crippen molar-refractivity contribution in [2.75, 3.05) is 12.3 Å². The van der Waals surface area contributed by atoms with Crippen LogP contribution < -0.4 is 11.5 Å². The fraction of sp³-hybridized carbons (Fsp3) is 0.556. The predicted octanol–water partition coefficient (Wildman–Crippen LogP) is 0.683. The van der Waals surface area contributed by atoms with E-state index in [1.807, 2.05) is 6.07 Å². The van der Waals surface area contributed by atoms with Crippen molar-refractivity contribution in [1.29, 1.82) is 0 Å². The van der Waals surface area contributed by atoms with Gasteiger partial charge in [0.1, 0.15) is 0 Å². The maximum Gasteiger partial charge on any atom is 0.220 e. The van der Waals surface area contributed by atoms with E-state index in [1.165, 1.54) is 0 Å². The van der Waals surface area contributed by atoms with Crippen LogP contribution in [0.4, 0.5) is 5.95 Å². The molecule has 1 rings (SSSR count). The third kappa shape index (κ3) is 2.66. The van der Waals surface area contributed by atoms with Gasteiger partial charge in [-0.2, -0.15) is 0 Å². The molecule has 0 aromatic carbocycles. The zero-order valence-electron chi connectivity index (χ0n) is 8.12. The van der Waals surface area contributed by atoms with E-state index in [1.54, 1.807) is 0 Å². The average Bonchev–Trinajstić information content (AvgIpc) is 2.03. The first-order chi connectivity index (χ1) is 6.13. The smallest absolute Gasteiger partial charge is 0.220 e. The average molecular weight is 180 g/mol. The van der Waals surface area contributed by atoms with Crippen LogP contribution in [0.2, 0.25) is 0 Å². The molecular formula is C9H16N4. The van der Waals surface area contributed by atoms with Crippen LogP contribution in [0.3, 0.4) is 0 Å². The fourth-order valence-corrected chi connectivity index (χ4v) is 1.11. The summed E-state index contributed by atoms with van der Waals surface area (Å²) in [5, 5.41) is 0. The lowest BCUT2D eigenvalue weighted by Crippen LogP contribution is -2.08. The van der Waals surface area contributed by atoms with Crippen LogP contribution in [0, 0.1) is 0 Å². The van der Waals surface area contributed by atoms with Crippen LogP contribution in [0.5, 0.6) is 0 Å². The van der Waals surface area contributed by atoms with Gasteiger partial charge in [-0.15, -0.1) is 0 Å². The molecule has 4 heteroatoms. The van der Waals surface area contributed by atoms with Gasteiger partial charge in [-0.3, -0.25) is 0 Å². The molecule has 0 amide bonds. The molecule has 4 N–H and O–H groups in total. The molecule has 1 aromatic heterocycles. The number of nitrogen functional groups attached to an aromatic ring is 1. The SMILES string of the molecule is CC(C)c1cc(CCN)nc(N)n1. The molecule has 0 bridgehead atoms. The van der Waals surface area contributed by atoms with E-state index in [-0.39, 0.29) is 0 Å². The normalized spacial score (nSPS) is 10.8. The molecule has 1 heterocycles. The van der Waals surface area contributed by atoms with Gasteiger partial charge in [0.15, 0.2) is 0 Å². The largest absolute Gasteiger partial charge is 0.368 e. The maximum atomic E-state index is 5.56. The number of nitrogens with zero attached hydrogens (tertiary/aromatic N) is 2. The second-order valence-corrected chi connectivity index (χ2v) is 3.34. The van der Waals surface area contributed by atoms with Crippen molar-refractivity contribution in [3.05, 3.63) is 17.5 Å². The Kier molecular flexibility index (Phi) is 3.19. The van der Waals surface area contributed by atoms with E-state index < -0.39 is 0 Å². The van der Waals surface area contributed by atoms with Gasteiger partial charge in [0.2, 0.25) is 5.95 Å². The molecule has 0 aliphatic carbocycles. The summed E-state index contributed by atoms with van der Waals surface area (Å²) in [6, 6.07) is 1.97. The van der Waals surface area contributed by atoms with Crippen molar-refractivity contribution < 1.29 is 0 Å². The number of anilines is 1. The molecule has 0 aliphatic rings. The van der Waals surface area contributed by atoms with Gasteiger partial charge in [-0.25, -0.2) is 9.97 Å². The predicted molar refractivity (Wildman–Crippen MR) is 53.3 cm³/mol. The van der Waals surface area contributed by atoms with Gasteiger partial charge in [0.25, 0.3) is 0 Å². The van der Waals surface area contributed by atoms with E-state index in [9.17, 15) is 0 Å². The minimum absolute atomic E-state index is 0.342. The molecule has 0 radical (unpaired) electrons. The lowest BCUT2D eigenvalue weighted by Gasteiger charge is -2.07. The molecule has 0 atom stereocenters. The molecule has 0 fully saturated rings. The van der Waals surface area contributed by atoms with Crippen LogP contribution in [0.1, 0.15) is 31.2 Å². The molecule has 13 heavy (non-hydrogen) atoms. The van der Waals surface area contributed by atoms with Crippen LogP contribution in [0.25, 0.3) is 0 Å². The number of rotatable bonds is 3. The highest BCUT2D eigenvalue weighted by atomic mass is 15.0. The Balaban J connectivity index is 2.96. The Morgan fingerprint density at radius 1 is 1.38 bits per heavy atom. The minimum Gasteiger partial charge on any atom is -0.368 e. The Morgan fingerprint density at radius 3 is 2.62 bits per heavy atom. The van der Waals surface area contributed by atoms with Gasteiger partial charge in [-0.1, -0.05) is 13.8 Å². The Labute approximate surface area is 78.4 Å². The van der Waals surface area contributed by atoms with Crippen molar-refractivity contribution in [1.82, 2.24) is 9.97 Å². The van der Waals surface area contributed by atoms with Crippen molar-refractivity contribution in [2.45, 2.75) is 26.2 Å². The summed E-state index contributed by atoms with van der Waals surface area (Å²) < 4.78 is 0. The van der Waals surface area contributed by atoms with Gasteiger partial charge < -0.3 is 11.5 Å². The highest BCUT2D eigenvalue weighted by Crippen LogP contribution is 2.13. The molecule has 0 aliphatic heterocycles. The molecule has 1 aromatic rings. The van der Waals surface area contributed by atoms with Crippen LogP contribution in [-0.4, -0.2) is 16.5 Å². The highest BCUT2D eigenvalue weighted by molar-refractivity contribution is 5.24. The Hall–Kier alpha value is -1.16. The third-order valence-corrected chi connectivity index (χ3v) is 1.81. The van der Waals surface area contributed by atoms with E-state index in [2.05, 4.69) is 23.8 Å². The fourth-order valence-electron chi connectivity index (χ4n) is 1.11. The summed E-state index contributed by atoms with van der Waals surface area (Å²) in [6.45, 7) is 4.75. The zero-order valence-corrected chi connectivity index (χ0v) is 8.12. The van der Waals surface area contributed by atoms with Crippen LogP contribution >= 0.6 is 0 Å². The van der Waals surface area contributed by atoms with Crippen molar-refractivity contribution >= 4 is 5.95 Å². The molecule has 4 nitrogen and oxygen atoms in total. The van der Waals surface area contributed by atoms with E-state index in [4.69, 9.17) is 11.5 Å². The summed E-state index contributed by atoms with van der Waals surface area (Å²) in [5.41, 5.74) is 12.9. The first-order valence-electron chi connectivity index (χ1n) is 4.47. The number of aromatic nitrogens is 2.